The van der Waals surface area contributed by atoms with Crippen molar-refractivity contribution < 1.29 is 32.9 Å². The normalized spacial score (nSPS) is 20.8. The van der Waals surface area contributed by atoms with Crippen LogP contribution in [0.1, 0.15) is 58.8 Å². The second-order valence-electron chi connectivity index (χ2n) is 8.36. The number of unbranched alkanes of at least 4 members (excludes halogenated alkanes) is 4. The molecule has 35 heavy (non-hydrogen) atoms. The van der Waals surface area contributed by atoms with E-state index < -0.39 is 37.3 Å². The predicted octanol–water partition coefficient (Wildman–Crippen LogP) is 2.21. The van der Waals surface area contributed by atoms with Crippen LogP contribution in [0.3, 0.4) is 0 Å². The van der Waals surface area contributed by atoms with Gasteiger partial charge in [-0.25, -0.2) is 9.88 Å². The highest BCUT2D eigenvalue weighted by Gasteiger charge is 2.38. The molecule has 0 saturated carbocycles. The van der Waals surface area contributed by atoms with Crippen molar-refractivity contribution in [3.63, 3.8) is 0 Å². The quantitative estimate of drug-likeness (QED) is 0.200. The highest BCUT2D eigenvalue weighted by atomic mass is 31.2. The Hall–Kier alpha value is -2.27. The number of nitrogens with two attached hydrogens (primary N) is 1. The summed E-state index contributed by atoms with van der Waals surface area (Å²) in [6.07, 6.45) is 5.41. The van der Waals surface area contributed by atoms with E-state index in [9.17, 15) is 18.9 Å². The zero-order valence-electron chi connectivity index (χ0n) is 20.5. The Labute approximate surface area is 205 Å². The lowest BCUT2D eigenvalue weighted by atomic mass is 10.2. The van der Waals surface area contributed by atoms with Crippen LogP contribution in [-0.4, -0.2) is 59.8 Å². The zero-order chi connectivity index (χ0) is 25.7. The van der Waals surface area contributed by atoms with Gasteiger partial charge in [0.2, 0.25) is 0 Å². The first-order chi connectivity index (χ1) is 16.8. The molecule has 3 atom stereocenters. The summed E-state index contributed by atoms with van der Waals surface area (Å²) in [5.41, 5.74) is 4.95. The largest absolute Gasteiger partial charge is 0.466 e. The summed E-state index contributed by atoms with van der Waals surface area (Å²) in [6, 6.07) is 0.278. The number of hydrogen-bond donors (Lipinski definition) is 2. The molecule has 0 bridgehead atoms. The van der Waals surface area contributed by atoms with Crippen LogP contribution in [-0.2, 0) is 39.4 Å². The number of carbonyl (C=O) groups is 2. The van der Waals surface area contributed by atoms with Crippen molar-refractivity contribution in [1.82, 2.24) is 14.6 Å². The average Bonchev–Trinajstić information content (AvgIpc) is 2.82. The van der Waals surface area contributed by atoms with E-state index in [1.165, 1.54) is 16.8 Å². The lowest BCUT2D eigenvalue weighted by Gasteiger charge is -2.31. The minimum Gasteiger partial charge on any atom is -0.466 e. The molecule has 1 unspecified atom stereocenters. The average molecular weight is 517 g/mol. The fraction of sp³-hybridized carbons (Fsp3) is 0.727. The van der Waals surface area contributed by atoms with Crippen molar-refractivity contribution in [3.8, 4) is 0 Å². The number of hydrogen-bond acceptors (Lipinski definition) is 10. The summed E-state index contributed by atoms with van der Waals surface area (Å²) in [7, 11) is -3.63. The number of aromatic nitrogens is 2. The van der Waals surface area contributed by atoms with Crippen LogP contribution < -0.4 is 16.5 Å². The van der Waals surface area contributed by atoms with Crippen LogP contribution >= 0.6 is 7.52 Å². The summed E-state index contributed by atoms with van der Waals surface area (Å²) in [4.78, 5) is 40.5. The van der Waals surface area contributed by atoms with E-state index in [4.69, 9.17) is 24.5 Å². The maximum absolute atomic E-state index is 13.2. The smallest absolute Gasteiger partial charge is 0.349 e. The lowest BCUT2D eigenvalue weighted by Crippen LogP contribution is -2.42. The summed E-state index contributed by atoms with van der Waals surface area (Å²) < 4.78 is 36.1. The van der Waals surface area contributed by atoms with Gasteiger partial charge in [-0.2, -0.15) is 4.98 Å². The third-order valence-electron chi connectivity index (χ3n) is 5.26. The molecule has 0 radical (unpaired) electrons. The van der Waals surface area contributed by atoms with Gasteiger partial charge in [-0.15, -0.1) is 0 Å². The number of nitrogen functional groups attached to an aromatic ring is 1. The first kappa shape index (κ1) is 29.0. The molecule has 2 heterocycles. The first-order valence-corrected chi connectivity index (χ1v) is 13.9. The molecular formula is C22H37N4O8P. The number of nitrogens with one attached hydrogen (secondary N) is 1. The second-order valence-corrected chi connectivity index (χ2v) is 10.5. The fourth-order valence-corrected chi connectivity index (χ4v) is 4.99. The second kappa shape index (κ2) is 15.0. The van der Waals surface area contributed by atoms with E-state index in [1.807, 2.05) is 13.8 Å². The van der Waals surface area contributed by atoms with Crippen molar-refractivity contribution in [2.24, 2.45) is 0 Å². The number of rotatable bonds is 15. The number of esters is 2. The molecule has 12 nitrogen and oxygen atoms in total. The first-order valence-electron chi connectivity index (χ1n) is 12.0. The number of carbonyl (C=O) groups excluding carboxylic acids is 2. The van der Waals surface area contributed by atoms with E-state index >= 15 is 0 Å². The van der Waals surface area contributed by atoms with Crippen LogP contribution in [0, 0.1) is 0 Å². The summed E-state index contributed by atoms with van der Waals surface area (Å²) in [5.74, 6) is -1.19. The summed E-state index contributed by atoms with van der Waals surface area (Å²) >= 11 is 0. The monoisotopic (exact) mass is 516 g/mol. The molecule has 198 valence electrons. The van der Waals surface area contributed by atoms with Gasteiger partial charge in [-0.3, -0.25) is 18.7 Å². The Balaban J connectivity index is 1.94. The van der Waals surface area contributed by atoms with E-state index in [0.29, 0.717) is 6.42 Å². The third-order valence-corrected chi connectivity index (χ3v) is 7.02. The Morgan fingerprint density at radius 3 is 2.51 bits per heavy atom. The molecule has 1 aliphatic heterocycles. The summed E-state index contributed by atoms with van der Waals surface area (Å²) in [5, 5.41) is 2.64. The van der Waals surface area contributed by atoms with Gasteiger partial charge in [0.15, 0.2) is 0 Å². The fourth-order valence-electron chi connectivity index (χ4n) is 3.28. The van der Waals surface area contributed by atoms with E-state index in [-0.39, 0.29) is 45.0 Å². The Morgan fingerprint density at radius 1 is 1.23 bits per heavy atom. The van der Waals surface area contributed by atoms with E-state index in [1.54, 1.807) is 0 Å². The molecule has 1 aliphatic rings. The van der Waals surface area contributed by atoms with Crippen molar-refractivity contribution in [2.45, 2.75) is 77.5 Å². The maximum atomic E-state index is 13.2. The van der Waals surface area contributed by atoms with Gasteiger partial charge in [0.25, 0.3) is 7.52 Å². The van der Waals surface area contributed by atoms with Gasteiger partial charge in [-0.1, -0.05) is 39.5 Å². The van der Waals surface area contributed by atoms with E-state index in [0.717, 1.165) is 32.1 Å². The zero-order valence-corrected chi connectivity index (χ0v) is 21.4. The predicted molar refractivity (Wildman–Crippen MR) is 129 cm³/mol. The van der Waals surface area contributed by atoms with Crippen molar-refractivity contribution in [3.05, 3.63) is 22.7 Å². The van der Waals surface area contributed by atoms with Crippen LogP contribution in [0.15, 0.2) is 17.1 Å². The van der Waals surface area contributed by atoms with Gasteiger partial charge in [0.05, 0.1) is 32.8 Å². The molecule has 2 rings (SSSR count). The Bertz CT molecular complexity index is 913. The molecule has 0 spiro atoms. The van der Waals surface area contributed by atoms with Crippen LogP contribution in [0.2, 0.25) is 0 Å². The number of anilines is 1. The van der Waals surface area contributed by atoms with Crippen molar-refractivity contribution in [2.75, 3.05) is 31.9 Å². The minimum atomic E-state index is -3.63. The lowest BCUT2D eigenvalue weighted by molar-refractivity contribution is -0.152. The van der Waals surface area contributed by atoms with Gasteiger partial charge in [-0.05, 0) is 18.9 Å². The molecule has 1 aromatic heterocycles. The summed E-state index contributed by atoms with van der Waals surface area (Å²) in [6.45, 7) is 4.54. The molecule has 1 fully saturated rings. The molecule has 0 aliphatic carbocycles. The highest BCUT2D eigenvalue weighted by molar-refractivity contribution is 7.56. The van der Waals surface area contributed by atoms with Gasteiger partial charge in [0, 0.05) is 6.20 Å². The standard InChI is InChI=1S/C22H37N4O8P/c1-3-5-7-11-31-20(27)13-18(21(28)32-12-8-6-4-2)25-35(30)16-33-17(15-34-35)14-26-10-9-19(23)24-22(26)29/h9-10,17-18H,3-8,11-16H2,1-2H3,(H,25,30)(H2,23,24,29)/t17-,18+,35?/m0/s1. The van der Waals surface area contributed by atoms with Crippen molar-refractivity contribution >= 4 is 25.3 Å². The number of ether oxygens (including phenoxy) is 3. The Morgan fingerprint density at radius 2 is 1.91 bits per heavy atom. The van der Waals surface area contributed by atoms with Crippen molar-refractivity contribution in [1.29, 1.82) is 0 Å². The molecule has 0 aromatic carbocycles. The van der Waals surface area contributed by atoms with Crippen LogP contribution in [0.4, 0.5) is 5.82 Å². The maximum Gasteiger partial charge on any atom is 0.349 e. The molecule has 0 amide bonds. The molecule has 3 N–H and O–H groups in total. The SMILES string of the molecule is CCCCCOC(=O)C[C@@H](NP1(=O)CO[C@@H](Cn2ccc(N)nc2=O)CO1)C(=O)OCCCCC. The van der Waals surface area contributed by atoms with Crippen LogP contribution in [0.5, 0.6) is 0 Å². The molecule has 13 heteroatoms. The van der Waals surface area contributed by atoms with Gasteiger partial charge in [0.1, 0.15) is 24.3 Å². The molecule has 1 saturated heterocycles. The van der Waals surface area contributed by atoms with Crippen LogP contribution in [0.25, 0.3) is 0 Å². The van der Waals surface area contributed by atoms with Gasteiger partial charge >= 0.3 is 17.6 Å². The topological polar surface area (TPSA) is 161 Å². The van der Waals surface area contributed by atoms with E-state index in [2.05, 4.69) is 10.1 Å². The third kappa shape index (κ3) is 10.5. The Kier molecular flexibility index (Phi) is 12.4. The highest BCUT2D eigenvalue weighted by Crippen LogP contribution is 2.46. The molecule has 1 aromatic rings. The minimum absolute atomic E-state index is 0.0964. The van der Waals surface area contributed by atoms with Gasteiger partial charge < -0.3 is 24.5 Å². The molecular weight excluding hydrogens is 479 g/mol. The number of nitrogens with zero attached hydrogens (tertiary/aromatic N) is 2.